The quantitative estimate of drug-likeness (QED) is 0.569. The van der Waals surface area contributed by atoms with Gasteiger partial charge in [-0.05, 0) is 25.6 Å². The third-order valence-corrected chi connectivity index (χ3v) is 3.14. The van der Waals surface area contributed by atoms with Crippen LogP contribution in [0, 0.1) is 0 Å². The van der Waals surface area contributed by atoms with Gasteiger partial charge < -0.3 is 14.5 Å². The number of hydrogen-bond acceptors (Lipinski definition) is 6. The van der Waals surface area contributed by atoms with Gasteiger partial charge in [-0.15, -0.1) is 0 Å². The summed E-state index contributed by atoms with van der Waals surface area (Å²) in [7, 11) is -3.13. The molecule has 18 heavy (non-hydrogen) atoms. The van der Waals surface area contributed by atoms with Crippen LogP contribution in [0.4, 0.5) is 0 Å². The van der Waals surface area contributed by atoms with Crippen LogP contribution in [-0.4, -0.2) is 36.0 Å². The Morgan fingerprint density at radius 1 is 1.67 bits per heavy atom. The zero-order valence-electron chi connectivity index (χ0n) is 9.99. The Morgan fingerprint density at radius 2 is 2.28 bits per heavy atom. The molecule has 0 fully saturated rings. The highest BCUT2D eigenvalue weighted by Gasteiger charge is 2.16. The summed E-state index contributed by atoms with van der Waals surface area (Å²) < 4.78 is 14.5. The number of thioether (sulfide) groups is 1. The second-order valence-corrected chi connectivity index (χ2v) is 5.21. The largest absolute Gasteiger partial charge is 0.479 e. The minimum atomic E-state index is -3.13. The average Bonchev–Trinajstić information content (AvgIpc) is 2.78. The maximum absolute atomic E-state index is 8.74. The van der Waals surface area contributed by atoms with E-state index in [1.54, 1.807) is 6.33 Å². The van der Waals surface area contributed by atoms with Gasteiger partial charge in [-0.3, -0.25) is 9.66 Å². The zero-order valence-corrected chi connectivity index (χ0v) is 12.6. The van der Waals surface area contributed by atoms with Crippen LogP contribution in [0.25, 0.3) is 0 Å². The van der Waals surface area contributed by atoms with Gasteiger partial charge in [-0.25, -0.2) is 4.98 Å². The van der Waals surface area contributed by atoms with E-state index < -0.39 is 8.25 Å². The number of thiocarbonyl (C=S) groups is 1. The molecule has 1 atom stereocenters. The molecule has 1 rings (SSSR count). The van der Waals surface area contributed by atoms with Gasteiger partial charge in [0.2, 0.25) is 4.38 Å². The van der Waals surface area contributed by atoms with Gasteiger partial charge in [-0.2, -0.15) is 5.10 Å². The SMILES string of the molecule is CCOC(=S)SC(CC)c1nc[nH]n1.O=[PH](O)O. The molecule has 0 saturated carbocycles. The van der Waals surface area contributed by atoms with Crippen LogP contribution in [0.3, 0.4) is 0 Å². The van der Waals surface area contributed by atoms with Crippen molar-refractivity contribution in [3.05, 3.63) is 12.2 Å². The minimum Gasteiger partial charge on any atom is -0.479 e. The standard InChI is InChI=1S/C8H13N3OS2.H3O3P/c1-3-6(7-9-5-10-11-7)14-8(13)12-4-2;1-4(2)3/h5-6H,3-4H2,1-2H3,(H,9,10,11);4H,(H2,1,2,3). The number of H-pyrrole nitrogens is 1. The Bertz CT molecular complexity index is 359. The molecule has 0 bridgehead atoms. The molecule has 1 aromatic rings. The fraction of sp³-hybridized carbons (Fsp3) is 0.625. The second-order valence-electron chi connectivity index (χ2n) is 2.84. The van der Waals surface area contributed by atoms with Crippen molar-refractivity contribution in [1.82, 2.24) is 15.2 Å². The molecule has 7 nitrogen and oxygen atoms in total. The highest BCUT2D eigenvalue weighted by Crippen LogP contribution is 2.30. The lowest BCUT2D eigenvalue weighted by Gasteiger charge is -2.10. The number of aromatic amines is 1. The first-order valence-corrected chi connectivity index (χ1v) is 7.71. The lowest BCUT2D eigenvalue weighted by molar-refractivity contribution is 0.346. The van der Waals surface area contributed by atoms with E-state index >= 15 is 0 Å². The van der Waals surface area contributed by atoms with Crippen LogP contribution in [0.15, 0.2) is 6.33 Å². The number of ether oxygens (including phenoxy) is 1. The molecule has 0 aliphatic heterocycles. The number of aromatic nitrogens is 3. The van der Waals surface area contributed by atoms with Crippen molar-refractivity contribution in [2.45, 2.75) is 25.5 Å². The van der Waals surface area contributed by atoms with Crippen molar-refractivity contribution in [2.75, 3.05) is 6.61 Å². The lowest BCUT2D eigenvalue weighted by atomic mass is 10.3. The molecule has 0 saturated heterocycles. The normalized spacial score (nSPS) is 11.6. The van der Waals surface area contributed by atoms with Crippen molar-refractivity contribution < 1.29 is 19.1 Å². The molecule has 1 heterocycles. The van der Waals surface area contributed by atoms with Crippen molar-refractivity contribution >= 4 is 36.6 Å². The second kappa shape index (κ2) is 10.5. The van der Waals surface area contributed by atoms with E-state index in [0.717, 1.165) is 12.2 Å². The third kappa shape index (κ3) is 8.60. The Hall–Kier alpha value is -0.470. The van der Waals surface area contributed by atoms with Gasteiger partial charge in [0.05, 0.1) is 11.9 Å². The summed E-state index contributed by atoms with van der Waals surface area (Å²) in [4.78, 5) is 18.4. The van der Waals surface area contributed by atoms with Gasteiger partial charge in [0, 0.05) is 0 Å². The van der Waals surface area contributed by atoms with Crippen LogP contribution in [0.2, 0.25) is 0 Å². The molecular weight excluding hydrogens is 297 g/mol. The van der Waals surface area contributed by atoms with Gasteiger partial charge >= 0.3 is 8.25 Å². The number of rotatable bonds is 4. The molecule has 0 amide bonds. The topological polar surface area (TPSA) is 108 Å². The van der Waals surface area contributed by atoms with Crippen LogP contribution in [0.5, 0.6) is 0 Å². The summed E-state index contributed by atoms with van der Waals surface area (Å²) in [5, 5.41) is 6.90. The maximum Gasteiger partial charge on any atom is 0.314 e. The molecule has 0 aromatic carbocycles. The highest BCUT2D eigenvalue weighted by atomic mass is 32.2. The zero-order chi connectivity index (χ0) is 14.0. The summed E-state index contributed by atoms with van der Waals surface area (Å²) in [6.07, 6.45) is 2.50. The van der Waals surface area contributed by atoms with E-state index in [-0.39, 0.29) is 5.25 Å². The van der Waals surface area contributed by atoms with E-state index in [1.165, 1.54) is 11.8 Å². The Morgan fingerprint density at radius 3 is 2.67 bits per heavy atom. The van der Waals surface area contributed by atoms with Crippen LogP contribution in [0.1, 0.15) is 31.3 Å². The van der Waals surface area contributed by atoms with E-state index in [9.17, 15) is 0 Å². The minimum absolute atomic E-state index is 0.181. The predicted molar refractivity (Wildman–Crippen MR) is 74.7 cm³/mol. The molecule has 0 spiro atoms. The van der Waals surface area contributed by atoms with Gasteiger partial charge in [-0.1, -0.05) is 18.7 Å². The number of nitrogens with one attached hydrogen (secondary N) is 1. The van der Waals surface area contributed by atoms with Crippen molar-refractivity contribution in [3.8, 4) is 0 Å². The van der Waals surface area contributed by atoms with Gasteiger partial charge in [0.1, 0.15) is 6.33 Å². The molecule has 1 unspecified atom stereocenters. The smallest absolute Gasteiger partial charge is 0.314 e. The fourth-order valence-corrected chi connectivity index (χ4v) is 2.23. The fourth-order valence-electron chi connectivity index (χ4n) is 0.961. The Kier molecular flexibility index (Phi) is 10.2. The number of hydrogen-bond donors (Lipinski definition) is 3. The molecule has 0 aliphatic rings. The first-order chi connectivity index (χ1) is 8.51. The Labute approximate surface area is 115 Å². The maximum atomic E-state index is 8.74. The Balaban J connectivity index is 0.000000631. The van der Waals surface area contributed by atoms with E-state index in [2.05, 4.69) is 22.1 Å². The van der Waals surface area contributed by atoms with Crippen LogP contribution < -0.4 is 0 Å². The molecular formula is C8H16N3O4PS2. The van der Waals surface area contributed by atoms with E-state index in [1.807, 2.05) is 6.92 Å². The molecule has 104 valence electrons. The summed E-state index contributed by atoms with van der Waals surface area (Å²) >= 11 is 6.54. The molecule has 0 radical (unpaired) electrons. The number of nitrogens with zero attached hydrogens (tertiary/aromatic N) is 2. The van der Waals surface area contributed by atoms with E-state index in [4.69, 9.17) is 31.3 Å². The summed E-state index contributed by atoms with van der Waals surface area (Å²) in [5.41, 5.74) is 0. The molecule has 1 aromatic heterocycles. The first kappa shape index (κ1) is 17.5. The summed E-state index contributed by atoms with van der Waals surface area (Å²) in [6, 6.07) is 0. The summed E-state index contributed by atoms with van der Waals surface area (Å²) in [6.45, 7) is 4.60. The van der Waals surface area contributed by atoms with E-state index in [0.29, 0.717) is 11.0 Å². The molecule has 10 heteroatoms. The van der Waals surface area contributed by atoms with Crippen molar-refractivity contribution in [2.24, 2.45) is 0 Å². The third-order valence-electron chi connectivity index (χ3n) is 1.59. The average molecular weight is 313 g/mol. The first-order valence-electron chi connectivity index (χ1n) is 5.12. The molecule has 0 aliphatic carbocycles. The van der Waals surface area contributed by atoms with Gasteiger partial charge in [0.15, 0.2) is 5.82 Å². The lowest BCUT2D eigenvalue weighted by Crippen LogP contribution is -2.02. The highest BCUT2D eigenvalue weighted by molar-refractivity contribution is 8.22. The molecule has 3 N–H and O–H groups in total. The monoisotopic (exact) mass is 313 g/mol. The van der Waals surface area contributed by atoms with Crippen molar-refractivity contribution in [1.29, 1.82) is 0 Å². The van der Waals surface area contributed by atoms with Crippen LogP contribution in [-0.2, 0) is 9.30 Å². The summed E-state index contributed by atoms with van der Waals surface area (Å²) in [5.74, 6) is 0.777. The predicted octanol–water partition coefficient (Wildman–Crippen LogP) is 1.67. The van der Waals surface area contributed by atoms with Crippen LogP contribution >= 0.6 is 32.2 Å². The van der Waals surface area contributed by atoms with Gasteiger partial charge in [0.25, 0.3) is 0 Å². The van der Waals surface area contributed by atoms with Crippen molar-refractivity contribution in [3.63, 3.8) is 0 Å².